The van der Waals surface area contributed by atoms with Gasteiger partial charge in [0.25, 0.3) is 5.56 Å². The van der Waals surface area contributed by atoms with Crippen LogP contribution in [0.15, 0.2) is 29.1 Å². The summed E-state index contributed by atoms with van der Waals surface area (Å²) in [6.45, 7) is 1.48. The normalized spacial score (nSPS) is 13.7. The van der Waals surface area contributed by atoms with E-state index in [9.17, 15) is 9.18 Å². The van der Waals surface area contributed by atoms with Gasteiger partial charge in [0.1, 0.15) is 17.3 Å². The molecule has 0 aliphatic heterocycles. The molecule has 0 N–H and O–H groups in total. The van der Waals surface area contributed by atoms with E-state index in [0.29, 0.717) is 11.2 Å². The molecule has 3 nitrogen and oxygen atoms in total. The van der Waals surface area contributed by atoms with E-state index in [1.807, 2.05) is 31.2 Å². The molecule has 0 amide bonds. The highest BCUT2D eigenvalue weighted by Crippen LogP contribution is 2.35. The molecule has 118 valence electrons. The van der Waals surface area contributed by atoms with E-state index in [2.05, 4.69) is 0 Å². The fourth-order valence-corrected chi connectivity index (χ4v) is 4.63. The first-order chi connectivity index (χ1) is 11.2. The third-order valence-corrected chi connectivity index (χ3v) is 5.59. The fourth-order valence-electron chi connectivity index (χ4n) is 3.37. The van der Waals surface area contributed by atoms with Gasteiger partial charge in [0, 0.05) is 10.4 Å². The van der Waals surface area contributed by atoms with E-state index in [0.717, 1.165) is 40.8 Å². The summed E-state index contributed by atoms with van der Waals surface area (Å²) < 4.78 is 14.6. The van der Waals surface area contributed by atoms with E-state index in [4.69, 9.17) is 4.98 Å². The molecule has 0 fully saturated rings. The lowest BCUT2D eigenvalue weighted by Crippen LogP contribution is -2.24. The van der Waals surface area contributed by atoms with Gasteiger partial charge in [0.05, 0.1) is 11.9 Å². The summed E-state index contributed by atoms with van der Waals surface area (Å²) in [5.74, 6) is 0.573. The van der Waals surface area contributed by atoms with Crippen LogP contribution >= 0.6 is 11.3 Å². The first-order valence-corrected chi connectivity index (χ1v) is 8.69. The van der Waals surface area contributed by atoms with E-state index < -0.39 is 6.67 Å². The molecular weight excluding hydrogens is 311 g/mol. The van der Waals surface area contributed by atoms with Crippen LogP contribution in [0, 0.1) is 6.92 Å². The molecule has 0 saturated heterocycles. The van der Waals surface area contributed by atoms with Gasteiger partial charge in [-0.05, 0) is 37.8 Å². The van der Waals surface area contributed by atoms with Gasteiger partial charge in [-0.15, -0.1) is 11.3 Å². The Kier molecular flexibility index (Phi) is 3.53. The highest BCUT2D eigenvalue weighted by molar-refractivity contribution is 7.18. The molecule has 0 bridgehead atoms. The Bertz CT molecular complexity index is 958. The standard InChI is InChI=1S/C18H17FN2OS/c1-11-4-2-5-12(10-11)16-20-17-15(18(22)21(16)9-8-19)13-6-3-7-14(13)23-17/h2,4-5,10H,3,6-9H2,1H3. The minimum absolute atomic E-state index is 0.0513. The Morgan fingerprint density at radius 3 is 3.00 bits per heavy atom. The van der Waals surface area contributed by atoms with Crippen molar-refractivity contribution in [3.8, 4) is 11.4 Å². The first kappa shape index (κ1) is 14.6. The summed E-state index contributed by atoms with van der Waals surface area (Å²) in [7, 11) is 0. The van der Waals surface area contributed by atoms with Crippen LogP contribution in [0.25, 0.3) is 21.6 Å². The highest BCUT2D eigenvalue weighted by atomic mass is 32.1. The number of hydrogen-bond acceptors (Lipinski definition) is 3. The van der Waals surface area contributed by atoms with Gasteiger partial charge in [-0.3, -0.25) is 9.36 Å². The molecule has 2 aromatic heterocycles. The number of aromatic nitrogens is 2. The molecule has 4 rings (SSSR count). The Morgan fingerprint density at radius 1 is 1.35 bits per heavy atom. The van der Waals surface area contributed by atoms with Crippen molar-refractivity contribution in [3.05, 3.63) is 50.6 Å². The number of halogens is 1. The third-order valence-electron chi connectivity index (χ3n) is 4.41. The van der Waals surface area contributed by atoms with Crippen molar-refractivity contribution >= 4 is 21.6 Å². The van der Waals surface area contributed by atoms with Crippen molar-refractivity contribution in [3.63, 3.8) is 0 Å². The van der Waals surface area contributed by atoms with Gasteiger partial charge in [0.15, 0.2) is 0 Å². The van der Waals surface area contributed by atoms with Crippen LogP contribution in [0.4, 0.5) is 4.39 Å². The fraction of sp³-hybridized carbons (Fsp3) is 0.333. The lowest BCUT2D eigenvalue weighted by Gasteiger charge is -2.12. The molecule has 23 heavy (non-hydrogen) atoms. The Morgan fingerprint density at radius 2 is 2.22 bits per heavy atom. The van der Waals surface area contributed by atoms with E-state index in [-0.39, 0.29) is 12.1 Å². The molecule has 5 heteroatoms. The summed E-state index contributed by atoms with van der Waals surface area (Å²) in [5.41, 5.74) is 3.01. The summed E-state index contributed by atoms with van der Waals surface area (Å²) in [5, 5.41) is 0.715. The first-order valence-electron chi connectivity index (χ1n) is 7.87. The van der Waals surface area contributed by atoms with Gasteiger partial charge in [-0.1, -0.05) is 23.8 Å². The van der Waals surface area contributed by atoms with Crippen LogP contribution < -0.4 is 5.56 Å². The number of hydrogen-bond donors (Lipinski definition) is 0. The second-order valence-corrected chi connectivity index (χ2v) is 7.07. The molecule has 1 aliphatic rings. The summed E-state index contributed by atoms with van der Waals surface area (Å²) >= 11 is 1.62. The van der Waals surface area contributed by atoms with E-state index in [1.54, 1.807) is 11.3 Å². The zero-order valence-corrected chi connectivity index (χ0v) is 13.8. The topological polar surface area (TPSA) is 34.9 Å². The number of alkyl halides is 1. The van der Waals surface area contributed by atoms with Crippen molar-refractivity contribution in [2.75, 3.05) is 6.67 Å². The van der Waals surface area contributed by atoms with Crippen LogP contribution in [0.5, 0.6) is 0 Å². The molecule has 0 saturated carbocycles. The van der Waals surface area contributed by atoms with Gasteiger partial charge in [-0.2, -0.15) is 0 Å². The van der Waals surface area contributed by atoms with Crippen molar-refractivity contribution in [1.29, 1.82) is 0 Å². The summed E-state index contributed by atoms with van der Waals surface area (Å²) in [4.78, 5) is 19.8. The molecule has 1 aliphatic carbocycles. The lowest BCUT2D eigenvalue weighted by atomic mass is 10.1. The van der Waals surface area contributed by atoms with Crippen LogP contribution in [0.2, 0.25) is 0 Å². The molecular formula is C18H17FN2OS. The average Bonchev–Trinajstić information content (AvgIpc) is 3.10. The molecule has 3 aromatic rings. The molecule has 0 atom stereocenters. The van der Waals surface area contributed by atoms with Crippen molar-refractivity contribution in [2.45, 2.75) is 32.7 Å². The van der Waals surface area contributed by atoms with Crippen LogP contribution in [-0.2, 0) is 19.4 Å². The van der Waals surface area contributed by atoms with Crippen LogP contribution in [0.1, 0.15) is 22.4 Å². The Hall–Kier alpha value is -2.01. The summed E-state index contributed by atoms with van der Waals surface area (Å²) in [6.07, 6.45) is 3.06. The zero-order valence-electron chi connectivity index (χ0n) is 12.9. The Labute approximate surface area is 137 Å². The number of benzene rings is 1. The zero-order chi connectivity index (χ0) is 16.0. The number of thiophene rings is 1. The monoisotopic (exact) mass is 328 g/mol. The minimum atomic E-state index is -0.571. The van der Waals surface area contributed by atoms with E-state index in [1.165, 1.54) is 9.44 Å². The highest BCUT2D eigenvalue weighted by Gasteiger charge is 2.23. The van der Waals surface area contributed by atoms with Crippen molar-refractivity contribution in [1.82, 2.24) is 9.55 Å². The van der Waals surface area contributed by atoms with Crippen LogP contribution in [-0.4, -0.2) is 16.2 Å². The maximum atomic E-state index is 13.0. The number of nitrogens with zero attached hydrogens (tertiary/aromatic N) is 2. The molecule has 2 heterocycles. The second kappa shape index (κ2) is 5.57. The number of fused-ring (bicyclic) bond motifs is 3. The van der Waals surface area contributed by atoms with Crippen molar-refractivity contribution in [2.24, 2.45) is 0 Å². The SMILES string of the molecule is Cc1cccc(-c2nc3sc4c(c3c(=O)n2CCF)CCC4)c1. The number of aryl methyl sites for hydroxylation is 3. The van der Waals surface area contributed by atoms with Gasteiger partial charge >= 0.3 is 0 Å². The smallest absolute Gasteiger partial charge is 0.262 e. The number of rotatable bonds is 3. The predicted molar refractivity (Wildman–Crippen MR) is 92.1 cm³/mol. The Balaban J connectivity index is 2.04. The molecule has 0 radical (unpaired) electrons. The van der Waals surface area contributed by atoms with Crippen molar-refractivity contribution < 1.29 is 4.39 Å². The van der Waals surface area contributed by atoms with Gasteiger partial charge < -0.3 is 0 Å². The quantitative estimate of drug-likeness (QED) is 0.731. The second-order valence-electron chi connectivity index (χ2n) is 5.99. The third kappa shape index (κ3) is 2.30. The lowest BCUT2D eigenvalue weighted by molar-refractivity contribution is 0.441. The predicted octanol–water partition coefficient (Wildman–Crippen LogP) is 3.89. The molecule has 0 unspecified atom stereocenters. The summed E-state index contributed by atoms with van der Waals surface area (Å²) in [6, 6.07) is 7.86. The largest absolute Gasteiger partial charge is 0.289 e. The maximum absolute atomic E-state index is 13.0. The van der Waals surface area contributed by atoms with Crippen LogP contribution in [0.3, 0.4) is 0 Å². The maximum Gasteiger partial charge on any atom is 0.262 e. The molecule has 1 aromatic carbocycles. The average molecular weight is 328 g/mol. The van der Waals surface area contributed by atoms with Gasteiger partial charge in [0.2, 0.25) is 0 Å². The molecule has 0 spiro atoms. The van der Waals surface area contributed by atoms with E-state index >= 15 is 0 Å². The minimum Gasteiger partial charge on any atom is -0.289 e. The van der Waals surface area contributed by atoms with Gasteiger partial charge in [-0.25, -0.2) is 9.37 Å².